The first-order valence-corrected chi connectivity index (χ1v) is 7.36. The summed E-state index contributed by atoms with van der Waals surface area (Å²) in [6, 6.07) is 6.07. The number of nitrogens with one attached hydrogen (secondary N) is 1. The predicted molar refractivity (Wildman–Crippen MR) is 81.9 cm³/mol. The van der Waals surface area contributed by atoms with Crippen molar-refractivity contribution in [3.8, 4) is 11.5 Å². The van der Waals surface area contributed by atoms with E-state index in [0.29, 0.717) is 17.5 Å². The molecule has 1 saturated heterocycles. The summed E-state index contributed by atoms with van der Waals surface area (Å²) in [6.45, 7) is 3.61. The van der Waals surface area contributed by atoms with E-state index in [9.17, 15) is 4.79 Å². The lowest BCUT2D eigenvalue weighted by molar-refractivity contribution is -0.134. The van der Waals surface area contributed by atoms with Crippen LogP contribution in [0.25, 0.3) is 0 Å². The molecule has 1 N–H and O–H groups in total. The standard InChI is InChI=1S/C16H24N2O3/c1-12-6-7-14(15(9-12)20-3)21-11-16(19)18-8-4-5-13(10-18)17-2/h6-7,9,13,17H,4-5,8,10-11H2,1-3H3/t13-/m1/s1. The Labute approximate surface area is 126 Å². The molecule has 1 atom stereocenters. The van der Waals surface area contributed by atoms with Crippen LogP contribution in [-0.2, 0) is 4.79 Å². The molecular formula is C16H24N2O3. The molecule has 1 heterocycles. The number of likely N-dealkylation sites (tertiary alicyclic amines) is 1. The number of benzene rings is 1. The van der Waals surface area contributed by atoms with Gasteiger partial charge in [-0.15, -0.1) is 0 Å². The summed E-state index contributed by atoms with van der Waals surface area (Å²) in [5, 5.41) is 3.23. The zero-order valence-electron chi connectivity index (χ0n) is 13.0. The van der Waals surface area contributed by atoms with Crippen LogP contribution >= 0.6 is 0 Å². The maximum Gasteiger partial charge on any atom is 0.260 e. The number of carbonyl (C=O) groups is 1. The minimum absolute atomic E-state index is 0.0255. The van der Waals surface area contributed by atoms with Crippen molar-refractivity contribution in [1.29, 1.82) is 0 Å². The number of piperidine rings is 1. The highest BCUT2D eigenvalue weighted by Crippen LogP contribution is 2.27. The average molecular weight is 292 g/mol. The Hall–Kier alpha value is -1.75. The zero-order chi connectivity index (χ0) is 15.2. The lowest BCUT2D eigenvalue weighted by Crippen LogP contribution is -2.48. The summed E-state index contributed by atoms with van der Waals surface area (Å²) >= 11 is 0. The lowest BCUT2D eigenvalue weighted by Gasteiger charge is -2.32. The summed E-state index contributed by atoms with van der Waals surface area (Å²) < 4.78 is 10.9. The van der Waals surface area contributed by atoms with Gasteiger partial charge in [-0.25, -0.2) is 0 Å². The van der Waals surface area contributed by atoms with Crippen molar-refractivity contribution in [2.75, 3.05) is 33.9 Å². The minimum Gasteiger partial charge on any atom is -0.493 e. The second-order valence-corrected chi connectivity index (χ2v) is 5.41. The van der Waals surface area contributed by atoms with Crippen LogP contribution in [-0.4, -0.2) is 50.7 Å². The van der Waals surface area contributed by atoms with Crippen LogP contribution in [0.4, 0.5) is 0 Å². The molecule has 0 radical (unpaired) electrons. The second kappa shape index (κ2) is 7.31. The number of rotatable bonds is 5. The van der Waals surface area contributed by atoms with E-state index in [2.05, 4.69) is 5.32 Å². The minimum atomic E-state index is 0.0255. The third kappa shape index (κ3) is 4.11. The fourth-order valence-corrected chi connectivity index (χ4v) is 2.56. The van der Waals surface area contributed by atoms with Crippen LogP contribution < -0.4 is 14.8 Å². The molecule has 1 amide bonds. The van der Waals surface area contributed by atoms with Crippen molar-refractivity contribution in [2.24, 2.45) is 0 Å². The van der Waals surface area contributed by atoms with Crippen LogP contribution in [0, 0.1) is 6.92 Å². The largest absolute Gasteiger partial charge is 0.493 e. The molecule has 21 heavy (non-hydrogen) atoms. The molecule has 0 aliphatic carbocycles. The quantitative estimate of drug-likeness (QED) is 0.895. The van der Waals surface area contributed by atoms with Crippen molar-refractivity contribution in [1.82, 2.24) is 10.2 Å². The Bertz CT molecular complexity index is 490. The SMILES string of the molecule is CN[C@@H]1CCCN(C(=O)COc2ccc(C)cc2OC)C1. The summed E-state index contributed by atoms with van der Waals surface area (Å²) in [5.74, 6) is 1.30. The molecule has 1 aromatic carbocycles. The molecule has 0 unspecified atom stereocenters. The monoisotopic (exact) mass is 292 g/mol. The molecule has 1 fully saturated rings. The first kappa shape index (κ1) is 15.6. The topological polar surface area (TPSA) is 50.8 Å². The van der Waals surface area contributed by atoms with Crippen molar-refractivity contribution >= 4 is 5.91 Å². The van der Waals surface area contributed by atoms with Gasteiger partial charge in [0.2, 0.25) is 0 Å². The van der Waals surface area contributed by atoms with E-state index in [1.54, 1.807) is 7.11 Å². The molecule has 1 aliphatic heterocycles. The van der Waals surface area contributed by atoms with Crippen LogP contribution in [0.15, 0.2) is 18.2 Å². The highest BCUT2D eigenvalue weighted by Gasteiger charge is 2.23. The second-order valence-electron chi connectivity index (χ2n) is 5.41. The molecule has 0 aromatic heterocycles. The van der Waals surface area contributed by atoms with Gasteiger partial charge in [-0.05, 0) is 44.5 Å². The van der Waals surface area contributed by atoms with Crippen LogP contribution in [0.2, 0.25) is 0 Å². The fraction of sp³-hybridized carbons (Fsp3) is 0.562. The summed E-state index contributed by atoms with van der Waals surface area (Å²) in [7, 11) is 3.54. The van der Waals surface area contributed by atoms with Crippen molar-refractivity contribution in [3.05, 3.63) is 23.8 Å². The molecule has 1 aliphatic rings. The van der Waals surface area contributed by atoms with E-state index in [-0.39, 0.29) is 12.5 Å². The molecule has 116 valence electrons. The Kier molecular flexibility index (Phi) is 5.44. The number of likely N-dealkylation sites (N-methyl/N-ethyl adjacent to an activating group) is 1. The smallest absolute Gasteiger partial charge is 0.260 e. The number of ether oxygens (including phenoxy) is 2. The highest BCUT2D eigenvalue weighted by atomic mass is 16.5. The van der Waals surface area contributed by atoms with Gasteiger partial charge in [-0.1, -0.05) is 6.07 Å². The van der Waals surface area contributed by atoms with Gasteiger partial charge >= 0.3 is 0 Å². The van der Waals surface area contributed by atoms with E-state index in [1.807, 2.05) is 37.1 Å². The number of hydrogen-bond acceptors (Lipinski definition) is 4. The molecule has 1 aromatic rings. The molecule has 2 rings (SSSR count). The van der Waals surface area contributed by atoms with E-state index in [4.69, 9.17) is 9.47 Å². The Morgan fingerprint density at radius 1 is 1.43 bits per heavy atom. The van der Waals surface area contributed by atoms with Gasteiger partial charge in [0.05, 0.1) is 7.11 Å². The molecule has 5 nitrogen and oxygen atoms in total. The number of hydrogen-bond donors (Lipinski definition) is 1. The van der Waals surface area contributed by atoms with Gasteiger partial charge in [0.1, 0.15) is 0 Å². The summed E-state index contributed by atoms with van der Waals surface area (Å²) in [5.41, 5.74) is 1.10. The predicted octanol–water partition coefficient (Wildman–Crippen LogP) is 1.59. The Morgan fingerprint density at radius 3 is 2.95 bits per heavy atom. The molecule has 0 bridgehead atoms. The number of carbonyl (C=O) groups excluding carboxylic acids is 1. The maximum atomic E-state index is 12.2. The highest BCUT2D eigenvalue weighted by molar-refractivity contribution is 5.78. The van der Waals surface area contributed by atoms with E-state index < -0.39 is 0 Å². The number of amides is 1. The normalized spacial score (nSPS) is 18.4. The molecular weight excluding hydrogens is 268 g/mol. The number of methoxy groups -OCH3 is 1. The van der Waals surface area contributed by atoms with Crippen LogP contribution in [0.1, 0.15) is 18.4 Å². The first-order chi connectivity index (χ1) is 10.1. The van der Waals surface area contributed by atoms with Gasteiger partial charge in [0.25, 0.3) is 5.91 Å². The van der Waals surface area contributed by atoms with Gasteiger partial charge in [-0.3, -0.25) is 4.79 Å². The van der Waals surface area contributed by atoms with Crippen LogP contribution in [0.5, 0.6) is 11.5 Å². The summed E-state index contributed by atoms with van der Waals surface area (Å²) in [4.78, 5) is 14.1. The van der Waals surface area contributed by atoms with Gasteiger partial charge in [-0.2, -0.15) is 0 Å². The van der Waals surface area contributed by atoms with Gasteiger partial charge in [0.15, 0.2) is 18.1 Å². The van der Waals surface area contributed by atoms with Crippen molar-refractivity contribution in [2.45, 2.75) is 25.8 Å². The number of nitrogens with zero attached hydrogens (tertiary/aromatic N) is 1. The van der Waals surface area contributed by atoms with E-state index in [0.717, 1.165) is 31.5 Å². The van der Waals surface area contributed by atoms with E-state index in [1.165, 1.54) is 0 Å². The average Bonchev–Trinajstić information content (AvgIpc) is 2.53. The van der Waals surface area contributed by atoms with Crippen molar-refractivity contribution in [3.63, 3.8) is 0 Å². The van der Waals surface area contributed by atoms with Crippen molar-refractivity contribution < 1.29 is 14.3 Å². The third-order valence-corrected chi connectivity index (χ3v) is 3.85. The summed E-state index contributed by atoms with van der Waals surface area (Å²) in [6.07, 6.45) is 2.15. The fourth-order valence-electron chi connectivity index (χ4n) is 2.56. The van der Waals surface area contributed by atoms with E-state index >= 15 is 0 Å². The molecule has 0 saturated carbocycles. The van der Waals surface area contributed by atoms with Gasteiger partial charge < -0.3 is 19.7 Å². The molecule has 5 heteroatoms. The number of aryl methyl sites for hydroxylation is 1. The third-order valence-electron chi connectivity index (χ3n) is 3.85. The Morgan fingerprint density at radius 2 is 2.24 bits per heavy atom. The maximum absolute atomic E-state index is 12.2. The van der Waals surface area contributed by atoms with Gasteiger partial charge in [0, 0.05) is 19.1 Å². The first-order valence-electron chi connectivity index (χ1n) is 7.36. The lowest BCUT2D eigenvalue weighted by atomic mass is 10.1. The van der Waals surface area contributed by atoms with Crippen LogP contribution in [0.3, 0.4) is 0 Å². The molecule has 0 spiro atoms. The zero-order valence-corrected chi connectivity index (χ0v) is 13.0. The Balaban J connectivity index is 1.92.